The van der Waals surface area contributed by atoms with Crippen LogP contribution in [0, 0.1) is 0 Å². The molecule has 0 spiro atoms. The molecule has 6 nitrogen and oxygen atoms in total. The summed E-state index contributed by atoms with van der Waals surface area (Å²) in [4.78, 5) is 27.0. The second-order valence-electron chi connectivity index (χ2n) is 6.74. The van der Waals surface area contributed by atoms with Gasteiger partial charge in [0.15, 0.2) is 11.5 Å². The molecule has 152 valence electrons. The molecule has 3 rings (SSSR count). The molecule has 2 aromatic carbocycles. The molecule has 7 heteroatoms. The van der Waals surface area contributed by atoms with Crippen LogP contribution in [0.2, 0.25) is 0 Å². The summed E-state index contributed by atoms with van der Waals surface area (Å²) in [6.45, 7) is 3.85. The predicted octanol–water partition coefficient (Wildman–Crippen LogP) is 4.14. The highest BCUT2D eigenvalue weighted by atomic mass is 79.9. The number of carbonyl (C=O) groups is 2. The number of carbonyl (C=O) groups excluding carboxylic acids is 2. The number of para-hydroxylation sites is 2. The summed E-state index contributed by atoms with van der Waals surface area (Å²) < 4.78 is 11.9. The second-order valence-corrected chi connectivity index (χ2v) is 7.59. The van der Waals surface area contributed by atoms with Crippen molar-refractivity contribution in [3.05, 3.63) is 58.3 Å². The molecule has 0 aliphatic carbocycles. The van der Waals surface area contributed by atoms with E-state index in [-0.39, 0.29) is 30.2 Å². The molecular weight excluding hydrogens is 436 g/mol. The first kappa shape index (κ1) is 20.9. The molecule has 0 aromatic heterocycles. The third kappa shape index (κ3) is 4.79. The van der Waals surface area contributed by atoms with Gasteiger partial charge in [-0.05, 0) is 65.2 Å². The molecule has 0 saturated carbocycles. The molecule has 0 radical (unpaired) electrons. The molecule has 29 heavy (non-hydrogen) atoms. The number of hydrogen-bond acceptors (Lipinski definition) is 4. The van der Waals surface area contributed by atoms with E-state index in [9.17, 15) is 9.59 Å². The average molecular weight is 459 g/mol. The quantitative estimate of drug-likeness (QED) is 0.660. The van der Waals surface area contributed by atoms with Gasteiger partial charge in [-0.1, -0.05) is 25.1 Å². The summed E-state index contributed by atoms with van der Waals surface area (Å²) in [6, 6.07) is 12.7. The molecule has 1 heterocycles. The average Bonchev–Trinajstić information content (AvgIpc) is 2.71. The van der Waals surface area contributed by atoms with Crippen LogP contribution in [0.4, 0.5) is 5.69 Å². The topological polar surface area (TPSA) is 67.9 Å². The van der Waals surface area contributed by atoms with Crippen LogP contribution < -0.4 is 19.7 Å². The number of hydrogen-bond donors (Lipinski definition) is 1. The van der Waals surface area contributed by atoms with E-state index >= 15 is 0 Å². The van der Waals surface area contributed by atoms with E-state index in [2.05, 4.69) is 21.2 Å². The van der Waals surface area contributed by atoms with Gasteiger partial charge in [0, 0.05) is 6.04 Å². The third-order valence-electron chi connectivity index (χ3n) is 4.63. The first-order valence-electron chi connectivity index (χ1n) is 9.36. The minimum atomic E-state index is -0.366. The molecule has 1 aliphatic rings. The molecule has 2 amide bonds. The summed E-state index contributed by atoms with van der Waals surface area (Å²) in [5.41, 5.74) is 1.34. The van der Waals surface area contributed by atoms with Crippen molar-refractivity contribution in [3.8, 4) is 11.5 Å². The van der Waals surface area contributed by atoms with Crippen LogP contribution >= 0.6 is 15.9 Å². The number of benzene rings is 2. The van der Waals surface area contributed by atoms with Crippen molar-refractivity contribution in [2.45, 2.75) is 26.3 Å². The monoisotopic (exact) mass is 458 g/mol. The van der Waals surface area contributed by atoms with Gasteiger partial charge in [-0.15, -0.1) is 0 Å². The van der Waals surface area contributed by atoms with Crippen LogP contribution in [0.25, 0.3) is 6.08 Å². The first-order chi connectivity index (χ1) is 13.9. The smallest absolute Gasteiger partial charge is 0.294 e. The molecule has 0 bridgehead atoms. The zero-order chi connectivity index (χ0) is 21.0. The highest BCUT2D eigenvalue weighted by Crippen LogP contribution is 2.36. The maximum Gasteiger partial charge on any atom is 0.294 e. The third-order valence-corrected chi connectivity index (χ3v) is 5.25. The van der Waals surface area contributed by atoms with Gasteiger partial charge in [-0.2, -0.15) is 0 Å². The standard InChI is InChI=1S/C22H23BrN2O4/c1-4-14(2)24-21(26)13-25-17-7-5-6-8-19(17)29-20(22(25)27)12-15-9-10-18(28-3)16(23)11-15/h5-12,14H,4,13H2,1-3H3,(H,24,26)/b20-12+/t14-/m1/s1. The fourth-order valence-electron chi connectivity index (χ4n) is 2.91. The Balaban J connectivity index is 1.92. The van der Waals surface area contributed by atoms with Gasteiger partial charge in [-0.3, -0.25) is 14.5 Å². The molecule has 0 saturated heterocycles. The number of anilines is 1. The van der Waals surface area contributed by atoms with E-state index in [4.69, 9.17) is 9.47 Å². The summed E-state index contributed by atoms with van der Waals surface area (Å²) in [5.74, 6) is 0.794. The molecule has 1 atom stereocenters. The number of fused-ring (bicyclic) bond motifs is 1. The van der Waals surface area contributed by atoms with Crippen LogP contribution in [0.3, 0.4) is 0 Å². The maximum atomic E-state index is 13.1. The van der Waals surface area contributed by atoms with Crippen LogP contribution in [-0.4, -0.2) is 31.5 Å². The Hall–Kier alpha value is -2.80. The predicted molar refractivity (Wildman–Crippen MR) is 116 cm³/mol. The minimum absolute atomic E-state index is 0.0422. The van der Waals surface area contributed by atoms with Crippen molar-refractivity contribution >= 4 is 39.5 Å². The van der Waals surface area contributed by atoms with Gasteiger partial charge in [-0.25, -0.2) is 0 Å². The summed E-state index contributed by atoms with van der Waals surface area (Å²) in [7, 11) is 1.59. The Morgan fingerprint density at radius 3 is 2.76 bits per heavy atom. The Morgan fingerprint density at radius 1 is 1.31 bits per heavy atom. The van der Waals surface area contributed by atoms with Gasteiger partial charge in [0.2, 0.25) is 5.91 Å². The van der Waals surface area contributed by atoms with E-state index in [0.717, 1.165) is 16.5 Å². The normalized spacial score (nSPS) is 15.5. The fourth-order valence-corrected chi connectivity index (χ4v) is 3.47. The number of rotatable bonds is 6. The Morgan fingerprint density at radius 2 is 2.07 bits per heavy atom. The lowest BCUT2D eigenvalue weighted by Crippen LogP contribution is -2.46. The zero-order valence-electron chi connectivity index (χ0n) is 16.6. The largest absolute Gasteiger partial charge is 0.496 e. The van der Waals surface area contributed by atoms with Gasteiger partial charge >= 0.3 is 0 Å². The second kappa shape index (κ2) is 9.13. The molecule has 2 aromatic rings. The number of nitrogens with one attached hydrogen (secondary N) is 1. The Labute approximate surface area is 178 Å². The van der Waals surface area contributed by atoms with Crippen molar-refractivity contribution in [1.82, 2.24) is 5.32 Å². The zero-order valence-corrected chi connectivity index (χ0v) is 18.2. The van der Waals surface area contributed by atoms with E-state index in [1.165, 1.54) is 4.90 Å². The van der Waals surface area contributed by atoms with Crippen LogP contribution in [0.1, 0.15) is 25.8 Å². The lowest BCUT2D eigenvalue weighted by atomic mass is 10.1. The number of amides is 2. The molecule has 1 N–H and O–H groups in total. The highest BCUT2D eigenvalue weighted by molar-refractivity contribution is 9.10. The minimum Gasteiger partial charge on any atom is -0.496 e. The first-order valence-corrected chi connectivity index (χ1v) is 10.2. The van der Waals surface area contributed by atoms with E-state index in [0.29, 0.717) is 17.2 Å². The van der Waals surface area contributed by atoms with Crippen LogP contribution in [0.5, 0.6) is 11.5 Å². The van der Waals surface area contributed by atoms with Gasteiger partial charge in [0.1, 0.15) is 12.3 Å². The van der Waals surface area contributed by atoms with Crippen molar-refractivity contribution in [2.75, 3.05) is 18.6 Å². The number of methoxy groups -OCH3 is 1. The van der Waals surface area contributed by atoms with Gasteiger partial charge < -0.3 is 14.8 Å². The number of nitrogens with zero attached hydrogens (tertiary/aromatic N) is 1. The lowest BCUT2D eigenvalue weighted by Gasteiger charge is -2.30. The van der Waals surface area contributed by atoms with Gasteiger partial charge in [0.05, 0.1) is 17.3 Å². The molecule has 0 unspecified atom stereocenters. The number of ether oxygens (including phenoxy) is 2. The van der Waals surface area contributed by atoms with Crippen molar-refractivity contribution in [1.29, 1.82) is 0 Å². The van der Waals surface area contributed by atoms with E-state index < -0.39 is 0 Å². The summed E-state index contributed by atoms with van der Waals surface area (Å²) in [6.07, 6.45) is 2.47. The SMILES string of the molecule is CC[C@@H](C)NC(=O)CN1C(=O)/C(=C\c2ccc(OC)c(Br)c2)Oc2ccccc21. The van der Waals surface area contributed by atoms with Crippen LogP contribution in [0.15, 0.2) is 52.7 Å². The lowest BCUT2D eigenvalue weighted by molar-refractivity contribution is -0.123. The highest BCUT2D eigenvalue weighted by Gasteiger charge is 2.31. The summed E-state index contributed by atoms with van der Waals surface area (Å²) in [5, 5.41) is 2.90. The van der Waals surface area contributed by atoms with Crippen molar-refractivity contribution < 1.29 is 19.1 Å². The van der Waals surface area contributed by atoms with Crippen molar-refractivity contribution in [2.24, 2.45) is 0 Å². The molecule has 1 aliphatic heterocycles. The Kier molecular flexibility index (Phi) is 6.59. The van der Waals surface area contributed by atoms with E-state index in [1.807, 2.05) is 38.1 Å². The molecular formula is C22H23BrN2O4. The maximum absolute atomic E-state index is 13.1. The van der Waals surface area contributed by atoms with Crippen molar-refractivity contribution in [3.63, 3.8) is 0 Å². The van der Waals surface area contributed by atoms with E-state index in [1.54, 1.807) is 31.4 Å². The molecule has 0 fully saturated rings. The van der Waals surface area contributed by atoms with Gasteiger partial charge in [0.25, 0.3) is 5.91 Å². The summed E-state index contributed by atoms with van der Waals surface area (Å²) >= 11 is 3.44. The fraction of sp³-hybridized carbons (Fsp3) is 0.273. The number of halogens is 1. The van der Waals surface area contributed by atoms with Crippen LogP contribution in [-0.2, 0) is 9.59 Å². The Bertz CT molecular complexity index is 958.